The molecule has 39 heavy (non-hydrogen) atoms. The number of benzene rings is 1. The third kappa shape index (κ3) is 4.80. The Balaban J connectivity index is 1.82. The summed E-state index contributed by atoms with van der Waals surface area (Å²) in [6.07, 6.45) is 2.88. The Kier molecular flexibility index (Phi) is 9.08. The Morgan fingerprint density at radius 1 is 1.23 bits per heavy atom. The number of carbonyl (C=O) groups excluding carboxylic acids is 2. The van der Waals surface area contributed by atoms with Gasteiger partial charge >= 0.3 is 5.97 Å². The lowest BCUT2D eigenvalue weighted by molar-refractivity contribution is -0.149. The molecule has 214 valence electrons. The molecule has 3 aliphatic heterocycles. The van der Waals surface area contributed by atoms with Gasteiger partial charge in [0, 0.05) is 41.1 Å². The van der Waals surface area contributed by atoms with Gasteiger partial charge in [0.25, 0.3) is 5.91 Å². The minimum Gasteiger partial charge on any atom is -0.481 e. The first-order valence-corrected chi connectivity index (χ1v) is 15.7. The standard InChI is InChI=1S/C29H40BrN3O5S/c1-6-14-32(19-12-10-18(11-13-19)31(8-3)9-4)27(36)25-29-15-20(30)24(39-29)22(28(37)38)23(29)26(35)33(25)21(16-34)17(5)7-2/h6,10-13,17,20-25,34H,1,7-9,14-16H2,2-5H3,(H,37,38)/t17-,20?,21-,22+,23-,24+,25?,29?/m0/s1. The number of alkyl halides is 1. The van der Waals surface area contributed by atoms with E-state index in [0.717, 1.165) is 18.8 Å². The molecule has 3 saturated heterocycles. The second kappa shape index (κ2) is 11.8. The first-order valence-electron chi connectivity index (χ1n) is 13.9. The van der Waals surface area contributed by atoms with Gasteiger partial charge in [0.2, 0.25) is 5.91 Å². The van der Waals surface area contributed by atoms with Crippen LogP contribution in [-0.4, -0.2) is 86.0 Å². The number of halogens is 1. The predicted octanol–water partition coefficient (Wildman–Crippen LogP) is 4.01. The van der Waals surface area contributed by atoms with Gasteiger partial charge in [-0.1, -0.05) is 42.3 Å². The van der Waals surface area contributed by atoms with Gasteiger partial charge in [-0.25, -0.2) is 0 Å². The number of fused-ring (bicyclic) bond motifs is 1. The lowest BCUT2D eigenvalue weighted by Gasteiger charge is -2.41. The zero-order valence-electron chi connectivity index (χ0n) is 23.1. The van der Waals surface area contributed by atoms with Crippen molar-refractivity contribution < 1.29 is 24.6 Å². The fourth-order valence-corrected chi connectivity index (χ4v) is 10.4. The summed E-state index contributed by atoms with van der Waals surface area (Å²) in [6, 6.07) is 6.32. The van der Waals surface area contributed by atoms with Gasteiger partial charge < -0.3 is 24.9 Å². The summed E-state index contributed by atoms with van der Waals surface area (Å²) >= 11 is 5.16. The van der Waals surface area contributed by atoms with Crippen molar-refractivity contribution in [3.63, 3.8) is 0 Å². The Bertz CT molecular complexity index is 1100. The van der Waals surface area contributed by atoms with Crippen LogP contribution in [0.1, 0.15) is 40.5 Å². The lowest BCUT2D eigenvalue weighted by Crippen LogP contribution is -2.59. The van der Waals surface area contributed by atoms with Crippen LogP contribution in [0.25, 0.3) is 0 Å². The zero-order chi connectivity index (χ0) is 28.6. The number of rotatable bonds is 12. The van der Waals surface area contributed by atoms with Crippen LogP contribution in [0.2, 0.25) is 0 Å². The van der Waals surface area contributed by atoms with E-state index in [-0.39, 0.29) is 41.0 Å². The highest BCUT2D eigenvalue weighted by molar-refractivity contribution is 9.09. The second-order valence-corrected chi connectivity index (χ2v) is 13.5. The van der Waals surface area contributed by atoms with Gasteiger partial charge in [0.05, 0.1) is 29.2 Å². The molecule has 10 heteroatoms. The largest absolute Gasteiger partial charge is 0.481 e. The molecule has 0 aromatic heterocycles. The summed E-state index contributed by atoms with van der Waals surface area (Å²) in [6.45, 7) is 13.7. The van der Waals surface area contributed by atoms with Crippen LogP contribution in [0.15, 0.2) is 36.9 Å². The van der Waals surface area contributed by atoms with E-state index in [1.807, 2.05) is 38.1 Å². The van der Waals surface area contributed by atoms with Gasteiger partial charge in [-0.05, 0) is 50.5 Å². The SMILES string of the molecule is C=CCN(C(=O)C1N([C@@H](CO)[C@@H](C)CC)C(=O)[C@@H]2[C@@H](C(=O)O)[C@@H]3SC12CC3Br)c1ccc(N(CC)CC)cc1. The normalized spacial score (nSPS) is 30.7. The monoisotopic (exact) mass is 621 g/mol. The second-order valence-electron chi connectivity index (χ2n) is 10.8. The number of carbonyl (C=O) groups is 3. The molecule has 2 amide bonds. The number of likely N-dealkylation sites (tertiary alicyclic amines) is 1. The molecule has 3 fully saturated rings. The fraction of sp³-hybridized carbons (Fsp3) is 0.621. The number of amides is 2. The first kappa shape index (κ1) is 29.9. The Hall–Kier alpha value is -2.04. The maximum Gasteiger partial charge on any atom is 0.308 e. The van der Waals surface area contributed by atoms with E-state index in [9.17, 15) is 24.6 Å². The minimum atomic E-state index is -1.01. The highest BCUT2D eigenvalue weighted by atomic mass is 79.9. The number of carboxylic acid groups (broad SMARTS) is 1. The summed E-state index contributed by atoms with van der Waals surface area (Å²) < 4.78 is -0.891. The molecule has 3 unspecified atom stereocenters. The Labute approximate surface area is 243 Å². The molecule has 4 rings (SSSR count). The topological polar surface area (TPSA) is 101 Å². The van der Waals surface area contributed by atoms with E-state index in [1.54, 1.807) is 15.9 Å². The van der Waals surface area contributed by atoms with E-state index in [1.165, 1.54) is 11.8 Å². The van der Waals surface area contributed by atoms with Gasteiger partial charge in [0.1, 0.15) is 6.04 Å². The van der Waals surface area contributed by atoms with Crippen molar-refractivity contribution in [3.05, 3.63) is 36.9 Å². The Morgan fingerprint density at radius 2 is 1.85 bits per heavy atom. The highest BCUT2D eigenvalue weighted by Crippen LogP contribution is 2.68. The van der Waals surface area contributed by atoms with Crippen molar-refractivity contribution >= 4 is 56.9 Å². The van der Waals surface area contributed by atoms with E-state index in [0.29, 0.717) is 18.5 Å². The molecule has 8 nitrogen and oxygen atoms in total. The zero-order valence-corrected chi connectivity index (χ0v) is 25.5. The van der Waals surface area contributed by atoms with Crippen LogP contribution in [0.3, 0.4) is 0 Å². The van der Waals surface area contributed by atoms with Crippen molar-refractivity contribution in [1.29, 1.82) is 0 Å². The number of hydrogen-bond acceptors (Lipinski definition) is 6. The predicted molar refractivity (Wildman–Crippen MR) is 160 cm³/mol. The maximum atomic E-state index is 14.7. The summed E-state index contributed by atoms with van der Waals surface area (Å²) in [7, 11) is 0. The van der Waals surface area contributed by atoms with Crippen molar-refractivity contribution in [2.24, 2.45) is 17.8 Å². The van der Waals surface area contributed by atoms with E-state index < -0.39 is 34.6 Å². The number of hydrogen-bond donors (Lipinski definition) is 2. The molecule has 2 N–H and O–H groups in total. The third-order valence-electron chi connectivity index (χ3n) is 8.96. The van der Waals surface area contributed by atoms with Crippen molar-refractivity contribution in [3.8, 4) is 0 Å². The maximum absolute atomic E-state index is 14.7. The molecule has 0 aliphatic carbocycles. The van der Waals surface area contributed by atoms with E-state index in [4.69, 9.17) is 0 Å². The summed E-state index contributed by atoms with van der Waals surface area (Å²) in [5.41, 5.74) is 1.74. The summed E-state index contributed by atoms with van der Waals surface area (Å²) in [4.78, 5) is 46.6. The van der Waals surface area contributed by atoms with Gasteiger partial charge in [-0.3, -0.25) is 14.4 Å². The average molecular weight is 623 g/mol. The van der Waals surface area contributed by atoms with Crippen LogP contribution in [0, 0.1) is 17.8 Å². The summed E-state index contributed by atoms with van der Waals surface area (Å²) in [5.74, 6) is -3.38. The lowest BCUT2D eigenvalue weighted by atomic mass is 9.71. The van der Waals surface area contributed by atoms with Crippen molar-refractivity contribution in [2.45, 2.75) is 67.4 Å². The van der Waals surface area contributed by atoms with Gasteiger partial charge in [0.15, 0.2) is 0 Å². The van der Waals surface area contributed by atoms with Crippen LogP contribution < -0.4 is 9.80 Å². The number of thioether (sulfide) groups is 1. The third-order valence-corrected chi connectivity index (χ3v) is 12.2. The minimum absolute atomic E-state index is 0.0732. The molecular weight excluding hydrogens is 582 g/mol. The van der Waals surface area contributed by atoms with Crippen molar-refractivity contribution in [2.75, 3.05) is 36.0 Å². The molecule has 1 spiro atoms. The van der Waals surface area contributed by atoms with Crippen LogP contribution in [0.5, 0.6) is 0 Å². The number of carboxylic acids is 1. The quantitative estimate of drug-likeness (QED) is 0.269. The Morgan fingerprint density at radius 3 is 2.36 bits per heavy atom. The van der Waals surface area contributed by atoms with Crippen molar-refractivity contribution in [1.82, 2.24) is 4.90 Å². The molecule has 3 aliphatic rings. The molecule has 8 atom stereocenters. The highest BCUT2D eigenvalue weighted by Gasteiger charge is 2.76. The van der Waals surface area contributed by atoms with Gasteiger partial charge in [-0.2, -0.15) is 0 Å². The molecule has 3 heterocycles. The fourth-order valence-electron chi connectivity index (χ4n) is 6.83. The number of anilines is 2. The molecule has 1 aromatic carbocycles. The van der Waals surface area contributed by atoms with E-state index in [2.05, 4.69) is 41.3 Å². The van der Waals surface area contributed by atoms with Gasteiger partial charge in [-0.15, -0.1) is 18.3 Å². The van der Waals surface area contributed by atoms with Crippen LogP contribution >= 0.6 is 27.7 Å². The molecular formula is C29H40BrN3O5S. The number of aliphatic carboxylic acids is 1. The first-order chi connectivity index (χ1) is 18.6. The smallest absolute Gasteiger partial charge is 0.308 e. The number of aliphatic hydroxyl groups excluding tert-OH is 1. The average Bonchev–Trinajstić information content (AvgIpc) is 3.52. The number of nitrogens with zero attached hydrogens (tertiary/aromatic N) is 3. The molecule has 1 aromatic rings. The number of aliphatic hydroxyl groups is 1. The molecule has 0 saturated carbocycles. The molecule has 0 radical (unpaired) electrons. The van der Waals surface area contributed by atoms with Crippen LogP contribution in [0.4, 0.5) is 11.4 Å². The molecule has 2 bridgehead atoms. The van der Waals surface area contributed by atoms with Crippen LogP contribution in [-0.2, 0) is 14.4 Å². The summed E-state index contributed by atoms with van der Waals surface area (Å²) in [5, 5.41) is 20.4. The van der Waals surface area contributed by atoms with E-state index >= 15 is 0 Å².